The van der Waals surface area contributed by atoms with Gasteiger partial charge in [0.05, 0.1) is 17.9 Å². The second-order valence-electron chi connectivity index (χ2n) is 6.89. The van der Waals surface area contributed by atoms with Crippen LogP contribution in [0.2, 0.25) is 0 Å². The number of sulfonamides is 1. The van der Waals surface area contributed by atoms with Crippen molar-refractivity contribution in [3.8, 4) is 5.75 Å². The van der Waals surface area contributed by atoms with Gasteiger partial charge in [0.1, 0.15) is 5.75 Å². The summed E-state index contributed by atoms with van der Waals surface area (Å²) in [5.74, 6) is -0.175. The molecule has 1 aliphatic rings. The highest BCUT2D eigenvalue weighted by Gasteiger charge is 2.27. The summed E-state index contributed by atoms with van der Waals surface area (Å²) in [4.78, 5) is 24.4. The van der Waals surface area contributed by atoms with Crippen LogP contribution >= 0.6 is 0 Å². The van der Waals surface area contributed by atoms with Crippen LogP contribution in [0.1, 0.15) is 35.7 Å². The molecule has 2 N–H and O–H groups in total. The molecule has 160 valence electrons. The number of carbonyl (C=O) groups is 2. The third kappa shape index (κ3) is 5.37. The van der Waals surface area contributed by atoms with E-state index in [-0.39, 0.29) is 22.8 Å². The van der Waals surface area contributed by atoms with Crippen molar-refractivity contribution >= 4 is 21.8 Å². The molecule has 0 radical (unpaired) electrons. The maximum absolute atomic E-state index is 12.5. The summed E-state index contributed by atoms with van der Waals surface area (Å²) in [5.41, 5.74) is 5.73. The number of hydrogen-bond donors (Lipinski definition) is 2. The topological polar surface area (TPSA) is 105 Å². The molecule has 1 fully saturated rings. The average Bonchev–Trinajstić information content (AvgIpc) is 3.30. The Bertz CT molecular complexity index is 982. The molecule has 3 rings (SSSR count). The van der Waals surface area contributed by atoms with Crippen LogP contribution in [0.15, 0.2) is 53.4 Å². The fraction of sp³-hybridized carbons (Fsp3) is 0.333. The predicted octanol–water partition coefficient (Wildman–Crippen LogP) is 1.87. The first-order valence-electron chi connectivity index (χ1n) is 9.81. The maximum Gasteiger partial charge on any atom is 0.269 e. The van der Waals surface area contributed by atoms with Crippen LogP contribution in [0.4, 0.5) is 0 Å². The number of carbonyl (C=O) groups excluding carboxylic acids is 2. The van der Waals surface area contributed by atoms with Gasteiger partial charge in [0.2, 0.25) is 15.9 Å². The highest BCUT2D eigenvalue weighted by atomic mass is 32.2. The normalized spacial score (nSPS) is 14.3. The van der Waals surface area contributed by atoms with Crippen molar-refractivity contribution in [2.75, 3.05) is 19.7 Å². The third-order valence-electron chi connectivity index (χ3n) is 4.73. The Morgan fingerprint density at radius 2 is 1.60 bits per heavy atom. The molecule has 30 heavy (non-hydrogen) atoms. The van der Waals surface area contributed by atoms with E-state index in [2.05, 4.69) is 10.9 Å². The summed E-state index contributed by atoms with van der Waals surface area (Å²) in [7, 11) is -3.53. The van der Waals surface area contributed by atoms with Crippen LogP contribution in [0.5, 0.6) is 5.75 Å². The number of rotatable bonds is 7. The summed E-state index contributed by atoms with van der Waals surface area (Å²) >= 11 is 0. The Balaban J connectivity index is 1.52. The molecule has 0 saturated carbocycles. The van der Waals surface area contributed by atoms with Gasteiger partial charge in [0.15, 0.2) is 0 Å². The zero-order chi connectivity index (χ0) is 21.6. The number of amides is 2. The van der Waals surface area contributed by atoms with Crippen LogP contribution < -0.4 is 15.6 Å². The molecular weight excluding hydrogens is 406 g/mol. The molecule has 2 aromatic carbocycles. The van der Waals surface area contributed by atoms with Crippen molar-refractivity contribution in [3.63, 3.8) is 0 Å². The lowest BCUT2D eigenvalue weighted by atomic mass is 10.1. The largest absolute Gasteiger partial charge is 0.494 e. The Labute approximate surface area is 176 Å². The molecule has 0 aromatic heterocycles. The van der Waals surface area contributed by atoms with Gasteiger partial charge >= 0.3 is 0 Å². The lowest BCUT2D eigenvalue weighted by molar-refractivity contribution is -0.121. The quantitative estimate of drug-likeness (QED) is 0.652. The lowest BCUT2D eigenvalue weighted by Gasteiger charge is -2.15. The van der Waals surface area contributed by atoms with E-state index in [0.29, 0.717) is 19.7 Å². The molecule has 2 amide bonds. The van der Waals surface area contributed by atoms with Gasteiger partial charge < -0.3 is 4.74 Å². The van der Waals surface area contributed by atoms with Crippen molar-refractivity contribution in [1.82, 2.24) is 15.2 Å². The number of ether oxygens (including phenoxy) is 1. The standard InChI is InChI=1S/C21H25N3O5S/c1-2-29-18-9-5-16(6-10-18)15-20(25)22-23-21(26)17-7-11-19(12-8-17)30(27,28)24-13-3-4-14-24/h5-12H,2-4,13-15H2,1H3,(H,22,25)(H,23,26). The van der Waals surface area contributed by atoms with Gasteiger partial charge in [-0.2, -0.15) is 4.31 Å². The molecule has 1 aliphatic heterocycles. The van der Waals surface area contributed by atoms with Crippen LogP contribution in [0, 0.1) is 0 Å². The van der Waals surface area contributed by atoms with Gasteiger partial charge in [-0.1, -0.05) is 12.1 Å². The summed E-state index contributed by atoms with van der Waals surface area (Å²) in [6.07, 6.45) is 1.81. The number of hydrazine groups is 1. The van der Waals surface area contributed by atoms with Gasteiger partial charge in [-0.15, -0.1) is 0 Å². The summed E-state index contributed by atoms with van der Waals surface area (Å²) in [6, 6.07) is 12.8. The Morgan fingerprint density at radius 3 is 2.20 bits per heavy atom. The fourth-order valence-electron chi connectivity index (χ4n) is 3.15. The van der Waals surface area contributed by atoms with Gasteiger partial charge in [-0.3, -0.25) is 20.4 Å². The highest BCUT2D eigenvalue weighted by Crippen LogP contribution is 2.21. The summed E-state index contributed by atoms with van der Waals surface area (Å²) in [6.45, 7) is 3.50. The van der Waals surface area contributed by atoms with E-state index >= 15 is 0 Å². The van der Waals surface area contributed by atoms with Crippen LogP contribution in [0.3, 0.4) is 0 Å². The van der Waals surface area contributed by atoms with Crippen LogP contribution in [-0.2, 0) is 21.2 Å². The predicted molar refractivity (Wildman–Crippen MR) is 111 cm³/mol. The first kappa shape index (κ1) is 21.8. The smallest absolute Gasteiger partial charge is 0.269 e. The van der Waals surface area contributed by atoms with Crippen molar-refractivity contribution in [2.45, 2.75) is 31.1 Å². The second-order valence-corrected chi connectivity index (χ2v) is 8.83. The molecule has 0 bridgehead atoms. The van der Waals surface area contributed by atoms with E-state index in [0.717, 1.165) is 24.2 Å². The van der Waals surface area contributed by atoms with E-state index in [4.69, 9.17) is 4.74 Å². The maximum atomic E-state index is 12.5. The van der Waals surface area contributed by atoms with Crippen molar-refractivity contribution in [2.24, 2.45) is 0 Å². The van der Waals surface area contributed by atoms with E-state index in [1.54, 1.807) is 24.3 Å². The molecule has 0 aliphatic carbocycles. The zero-order valence-corrected chi connectivity index (χ0v) is 17.6. The van der Waals surface area contributed by atoms with Crippen molar-refractivity contribution < 1.29 is 22.7 Å². The molecule has 1 heterocycles. The van der Waals surface area contributed by atoms with Crippen molar-refractivity contribution in [3.05, 3.63) is 59.7 Å². The first-order valence-corrected chi connectivity index (χ1v) is 11.3. The van der Waals surface area contributed by atoms with Gasteiger partial charge in [-0.25, -0.2) is 8.42 Å². The number of nitrogens with zero attached hydrogens (tertiary/aromatic N) is 1. The lowest BCUT2D eigenvalue weighted by Crippen LogP contribution is -2.42. The van der Waals surface area contributed by atoms with Gasteiger partial charge in [0, 0.05) is 18.7 Å². The van der Waals surface area contributed by atoms with E-state index < -0.39 is 15.9 Å². The number of hydrogen-bond acceptors (Lipinski definition) is 5. The molecule has 0 unspecified atom stereocenters. The van der Waals surface area contributed by atoms with Gasteiger partial charge in [-0.05, 0) is 61.7 Å². The number of benzene rings is 2. The molecule has 1 saturated heterocycles. The average molecular weight is 432 g/mol. The van der Waals surface area contributed by atoms with Crippen molar-refractivity contribution in [1.29, 1.82) is 0 Å². The minimum absolute atomic E-state index is 0.0969. The second kappa shape index (κ2) is 9.73. The molecule has 0 spiro atoms. The molecule has 2 aromatic rings. The molecule has 8 nitrogen and oxygen atoms in total. The zero-order valence-electron chi connectivity index (χ0n) is 16.8. The Hall–Kier alpha value is -2.91. The van der Waals surface area contributed by atoms with E-state index in [1.165, 1.54) is 28.6 Å². The van der Waals surface area contributed by atoms with Crippen LogP contribution in [-0.4, -0.2) is 44.2 Å². The monoisotopic (exact) mass is 431 g/mol. The summed E-state index contributed by atoms with van der Waals surface area (Å²) < 4.78 is 31.8. The Kier molecular flexibility index (Phi) is 7.07. The Morgan fingerprint density at radius 1 is 0.967 bits per heavy atom. The summed E-state index contributed by atoms with van der Waals surface area (Å²) in [5, 5.41) is 0. The molecule has 0 atom stereocenters. The van der Waals surface area contributed by atoms with Gasteiger partial charge in [0.25, 0.3) is 5.91 Å². The fourth-order valence-corrected chi connectivity index (χ4v) is 4.67. The first-order chi connectivity index (χ1) is 14.4. The SMILES string of the molecule is CCOc1ccc(CC(=O)NNC(=O)c2ccc(S(=O)(=O)N3CCCC3)cc2)cc1. The minimum atomic E-state index is -3.53. The highest BCUT2D eigenvalue weighted by molar-refractivity contribution is 7.89. The third-order valence-corrected chi connectivity index (χ3v) is 6.65. The van der Waals surface area contributed by atoms with E-state index in [1.807, 2.05) is 6.92 Å². The van der Waals surface area contributed by atoms with E-state index in [9.17, 15) is 18.0 Å². The minimum Gasteiger partial charge on any atom is -0.494 e. The van der Waals surface area contributed by atoms with Crippen LogP contribution in [0.25, 0.3) is 0 Å². The molecular formula is C21H25N3O5S. The molecule has 9 heteroatoms. The number of nitrogens with one attached hydrogen (secondary N) is 2.